The molecule has 106 valence electrons. The molecule has 2 atom stereocenters. The molecule has 1 aliphatic rings. The Labute approximate surface area is 117 Å². The van der Waals surface area contributed by atoms with Gasteiger partial charge in [-0.3, -0.25) is 9.48 Å². The maximum atomic E-state index is 11.1. The summed E-state index contributed by atoms with van der Waals surface area (Å²) in [5.74, 6) is -0.638. The average molecular weight is 286 g/mol. The zero-order valence-electron chi connectivity index (χ0n) is 11.3. The van der Waals surface area contributed by atoms with E-state index < -0.39 is 5.97 Å². The van der Waals surface area contributed by atoms with Crippen molar-refractivity contribution in [2.24, 2.45) is 18.9 Å². The van der Waals surface area contributed by atoms with Crippen molar-refractivity contribution in [2.75, 3.05) is 6.54 Å². The molecule has 0 bridgehead atoms. The van der Waals surface area contributed by atoms with E-state index in [2.05, 4.69) is 10.4 Å². The number of carboxylic acids is 1. The van der Waals surface area contributed by atoms with Crippen LogP contribution in [0.15, 0.2) is 0 Å². The van der Waals surface area contributed by atoms with Crippen molar-refractivity contribution in [3.63, 3.8) is 0 Å². The number of nitrogens with zero attached hydrogens (tertiary/aromatic N) is 2. The van der Waals surface area contributed by atoms with Crippen molar-refractivity contribution in [3.8, 4) is 0 Å². The van der Waals surface area contributed by atoms with Gasteiger partial charge in [0.05, 0.1) is 22.3 Å². The number of aryl methyl sites for hydroxylation is 2. The van der Waals surface area contributed by atoms with Gasteiger partial charge in [-0.1, -0.05) is 18.0 Å². The van der Waals surface area contributed by atoms with Gasteiger partial charge in [0.1, 0.15) is 0 Å². The number of carboxylic acid groups (broad SMARTS) is 1. The van der Waals surface area contributed by atoms with Crippen LogP contribution in [0.2, 0.25) is 5.02 Å². The van der Waals surface area contributed by atoms with Crippen LogP contribution >= 0.6 is 11.6 Å². The summed E-state index contributed by atoms with van der Waals surface area (Å²) < 4.78 is 1.77. The number of aromatic nitrogens is 2. The van der Waals surface area contributed by atoms with E-state index in [1.165, 1.54) is 0 Å². The van der Waals surface area contributed by atoms with Crippen molar-refractivity contribution in [1.29, 1.82) is 0 Å². The van der Waals surface area contributed by atoms with E-state index >= 15 is 0 Å². The molecule has 0 aromatic carbocycles. The molecule has 5 nitrogen and oxygen atoms in total. The maximum Gasteiger partial charge on any atom is 0.306 e. The fraction of sp³-hybridized carbons (Fsp3) is 0.692. The Morgan fingerprint density at radius 3 is 2.89 bits per heavy atom. The molecule has 19 heavy (non-hydrogen) atoms. The molecule has 2 unspecified atom stereocenters. The summed E-state index contributed by atoms with van der Waals surface area (Å²) >= 11 is 6.17. The molecule has 6 heteroatoms. The number of halogens is 1. The highest BCUT2D eigenvalue weighted by molar-refractivity contribution is 6.31. The molecule has 0 amide bonds. The number of nitrogens with one attached hydrogen (secondary N) is 1. The molecule has 0 aliphatic heterocycles. The minimum atomic E-state index is -0.668. The molecule has 1 aromatic heterocycles. The van der Waals surface area contributed by atoms with Gasteiger partial charge >= 0.3 is 5.97 Å². The highest BCUT2D eigenvalue weighted by atomic mass is 35.5. The highest BCUT2D eigenvalue weighted by Crippen LogP contribution is 2.31. The smallest absolute Gasteiger partial charge is 0.306 e. The van der Waals surface area contributed by atoms with Crippen LogP contribution in [0.1, 0.15) is 30.7 Å². The molecular weight excluding hydrogens is 266 g/mol. The fourth-order valence-corrected chi connectivity index (χ4v) is 3.08. The first-order valence-corrected chi connectivity index (χ1v) is 7.00. The van der Waals surface area contributed by atoms with Gasteiger partial charge in [0.2, 0.25) is 0 Å². The topological polar surface area (TPSA) is 67.2 Å². The van der Waals surface area contributed by atoms with Gasteiger partial charge in [-0.2, -0.15) is 5.10 Å². The van der Waals surface area contributed by atoms with Crippen LogP contribution in [-0.4, -0.2) is 27.4 Å². The van der Waals surface area contributed by atoms with Crippen LogP contribution in [0.5, 0.6) is 0 Å². The Bertz CT molecular complexity index is 473. The van der Waals surface area contributed by atoms with Gasteiger partial charge in [-0.25, -0.2) is 0 Å². The summed E-state index contributed by atoms with van der Waals surface area (Å²) in [7, 11) is 1.87. The van der Waals surface area contributed by atoms with Crippen LogP contribution < -0.4 is 5.32 Å². The number of carbonyl (C=O) groups is 1. The quantitative estimate of drug-likeness (QED) is 0.868. The molecule has 1 saturated carbocycles. The van der Waals surface area contributed by atoms with Gasteiger partial charge in [0, 0.05) is 13.6 Å². The van der Waals surface area contributed by atoms with Crippen LogP contribution in [0.25, 0.3) is 0 Å². The van der Waals surface area contributed by atoms with Crippen LogP contribution in [0.3, 0.4) is 0 Å². The predicted octanol–water partition coefficient (Wildman–Crippen LogP) is 1.97. The van der Waals surface area contributed by atoms with Gasteiger partial charge in [-0.15, -0.1) is 0 Å². The Morgan fingerprint density at radius 1 is 1.58 bits per heavy atom. The second kappa shape index (κ2) is 5.92. The predicted molar refractivity (Wildman–Crippen MR) is 73.1 cm³/mol. The molecular formula is C13H20ClN3O2. The molecule has 1 fully saturated rings. The molecule has 2 N–H and O–H groups in total. The Hall–Kier alpha value is -1.07. The molecule has 1 heterocycles. The van der Waals surface area contributed by atoms with E-state index in [4.69, 9.17) is 16.7 Å². The lowest BCUT2D eigenvalue weighted by Gasteiger charge is -2.16. The van der Waals surface area contributed by atoms with Crippen molar-refractivity contribution < 1.29 is 9.90 Å². The lowest BCUT2D eigenvalue weighted by molar-refractivity contribution is -0.142. The largest absolute Gasteiger partial charge is 0.481 e. The summed E-state index contributed by atoms with van der Waals surface area (Å²) in [5.41, 5.74) is 1.77. The highest BCUT2D eigenvalue weighted by Gasteiger charge is 2.32. The summed E-state index contributed by atoms with van der Waals surface area (Å²) in [6.45, 7) is 3.22. The summed E-state index contributed by atoms with van der Waals surface area (Å²) in [6.07, 6.45) is 2.80. The summed E-state index contributed by atoms with van der Waals surface area (Å²) in [5, 5.41) is 17.4. The minimum absolute atomic E-state index is 0.198. The van der Waals surface area contributed by atoms with Crippen LogP contribution in [0, 0.1) is 18.8 Å². The van der Waals surface area contributed by atoms with Gasteiger partial charge in [0.15, 0.2) is 0 Å². The summed E-state index contributed by atoms with van der Waals surface area (Å²) in [6, 6.07) is 0. The number of aliphatic carboxylic acids is 1. The summed E-state index contributed by atoms with van der Waals surface area (Å²) in [4.78, 5) is 11.1. The van der Waals surface area contributed by atoms with E-state index in [0.717, 1.165) is 37.2 Å². The zero-order valence-corrected chi connectivity index (χ0v) is 12.1. The third-order valence-corrected chi connectivity index (χ3v) is 4.43. The minimum Gasteiger partial charge on any atom is -0.481 e. The van der Waals surface area contributed by atoms with Crippen LogP contribution in [-0.2, 0) is 18.4 Å². The van der Waals surface area contributed by atoms with Crippen molar-refractivity contribution >= 4 is 17.6 Å². The second-order valence-corrected chi connectivity index (χ2v) is 5.61. The fourth-order valence-electron chi connectivity index (χ4n) is 2.85. The van der Waals surface area contributed by atoms with E-state index in [-0.39, 0.29) is 11.8 Å². The lowest BCUT2D eigenvalue weighted by Crippen LogP contribution is -2.29. The van der Waals surface area contributed by atoms with Crippen molar-refractivity contribution in [1.82, 2.24) is 15.1 Å². The van der Waals surface area contributed by atoms with E-state index in [1.54, 1.807) is 4.68 Å². The molecule has 0 saturated heterocycles. The second-order valence-electron chi connectivity index (χ2n) is 5.24. The maximum absolute atomic E-state index is 11.1. The van der Waals surface area contributed by atoms with Gasteiger partial charge < -0.3 is 10.4 Å². The number of rotatable bonds is 5. The first kappa shape index (κ1) is 14.3. The van der Waals surface area contributed by atoms with E-state index in [0.29, 0.717) is 11.6 Å². The lowest BCUT2D eigenvalue weighted by atomic mass is 9.96. The molecule has 1 aliphatic carbocycles. The van der Waals surface area contributed by atoms with Gasteiger partial charge in [0.25, 0.3) is 0 Å². The third kappa shape index (κ3) is 3.09. The normalized spacial score (nSPS) is 22.9. The molecule has 2 rings (SSSR count). The van der Waals surface area contributed by atoms with Crippen LogP contribution in [0.4, 0.5) is 0 Å². The average Bonchev–Trinajstić information content (AvgIpc) is 2.89. The van der Waals surface area contributed by atoms with Gasteiger partial charge in [-0.05, 0) is 32.2 Å². The monoisotopic (exact) mass is 285 g/mol. The third-order valence-electron chi connectivity index (χ3n) is 3.94. The number of hydrogen-bond donors (Lipinski definition) is 2. The number of hydrogen-bond acceptors (Lipinski definition) is 3. The Balaban J connectivity index is 1.88. The molecule has 0 radical (unpaired) electrons. The van der Waals surface area contributed by atoms with E-state index in [1.807, 2.05) is 14.0 Å². The first-order chi connectivity index (χ1) is 9.00. The standard InChI is InChI=1S/C13H20ClN3O2/c1-8-12(14)11(17(2)16-8)7-15-6-9-4-3-5-10(9)13(18)19/h9-10,15H,3-7H2,1-2H3,(H,18,19). The van der Waals surface area contributed by atoms with Crippen molar-refractivity contribution in [2.45, 2.75) is 32.7 Å². The molecule has 0 spiro atoms. The van der Waals surface area contributed by atoms with Crippen molar-refractivity contribution in [3.05, 3.63) is 16.4 Å². The molecule has 1 aromatic rings. The first-order valence-electron chi connectivity index (χ1n) is 6.62. The van der Waals surface area contributed by atoms with E-state index in [9.17, 15) is 4.79 Å². The SMILES string of the molecule is Cc1nn(C)c(CNCC2CCCC2C(=O)O)c1Cl. The Kier molecular flexibility index (Phi) is 4.47. The zero-order chi connectivity index (χ0) is 14.0. The Morgan fingerprint density at radius 2 is 2.32 bits per heavy atom.